The normalized spacial score (nSPS) is 35.9. The molecule has 0 aromatic carbocycles. The molecule has 16 heavy (non-hydrogen) atoms. The molecule has 0 aromatic heterocycles. The summed E-state index contributed by atoms with van der Waals surface area (Å²) in [5.41, 5.74) is -0.353. The lowest BCUT2D eigenvalue weighted by atomic mass is 9.81. The van der Waals surface area contributed by atoms with Crippen LogP contribution in [0.1, 0.15) is 12.8 Å². The number of carbonyl (C=O) groups excluding carboxylic acids is 1. The fourth-order valence-corrected chi connectivity index (χ4v) is 3.76. The zero-order valence-corrected chi connectivity index (χ0v) is 10.6. The van der Waals surface area contributed by atoms with E-state index in [9.17, 15) is 13.2 Å². The summed E-state index contributed by atoms with van der Waals surface area (Å²) >= 11 is 0. The van der Waals surface area contributed by atoms with Crippen LogP contribution in [0.25, 0.3) is 0 Å². The Labute approximate surface area is 99.1 Å². The molecule has 5 nitrogen and oxygen atoms in total. The standard InChI is InChI=1S/C9H14ClNO4S/c1-11-3-2-9(6-11)4-8(12)15-7(9)5-16(10,13)14/h7H,2-6H2,1H3. The van der Waals surface area contributed by atoms with Crippen LogP contribution >= 0.6 is 10.7 Å². The van der Waals surface area contributed by atoms with Crippen LogP contribution in [0.15, 0.2) is 0 Å². The predicted octanol–water partition coefficient (Wildman–Crippen LogP) is 0.192. The maximum atomic E-state index is 11.3. The minimum atomic E-state index is -3.64. The van der Waals surface area contributed by atoms with Crippen molar-refractivity contribution in [3.8, 4) is 0 Å². The lowest BCUT2D eigenvalue weighted by molar-refractivity contribution is -0.140. The van der Waals surface area contributed by atoms with E-state index in [0.717, 1.165) is 13.0 Å². The van der Waals surface area contributed by atoms with E-state index in [1.165, 1.54) is 0 Å². The fourth-order valence-electron chi connectivity index (χ4n) is 2.63. The monoisotopic (exact) mass is 267 g/mol. The molecule has 0 N–H and O–H groups in total. The molecule has 2 aliphatic rings. The zero-order chi connectivity index (χ0) is 12.0. The van der Waals surface area contributed by atoms with E-state index in [1.54, 1.807) is 0 Å². The van der Waals surface area contributed by atoms with Gasteiger partial charge in [0.1, 0.15) is 11.9 Å². The molecule has 2 aliphatic heterocycles. The Kier molecular flexibility index (Phi) is 2.92. The van der Waals surface area contributed by atoms with Crippen LogP contribution in [0.3, 0.4) is 0 Å². The Morgan fingerprint density at radius 2 is 2.31 bits per heavy atom. The third kappa shape index (κ3) is 2.33. The quantitative estimate of drug-likeness (QED) is 0.528. The minimum absolute atomic E-state index is 0.284. The zero-order valence-electron chi connectivity index (χ0n) is 8.98. The van der Waals surface area contributed by atoms with E-state index in [-0.39, 0.29) is 17.1 Å². The summed E-state index contributed by atoms with van der Waals surface area (Å²) in [6, 6.07) is 0. The molecule has 7 heteroatoms. The third-order valence-corrected chi connectivity index (χ3v) is 4.46. The summed E-state index contributed by atoms with van der Waals surface area (Å²) in [7, 11) is 3.54. The smallest absolute Gasteiger partial charge is 0.306 e. The molecule has 92 valence electrons. The molecule has 2 atom stereocenters. The van der Waals surface area contributed by atoms with Gasteiger partial charge in [0.2, 0.25) is 9.05 Å². The number of ether oxygens (including phenoxy) is 1. The van der Waals surface area contributed by atoms with Crippen LogP contribution in [0.2, 0.25) is 0 Å². The molecule has 0 aliphatic carbocycles. The van der Waals surface area contributed by atoms with Gasteiger partial charge < -0.3 is 9.64 Å². The van der Waals surface area contributed by atoms with Gasteiger partial charge in [-0.2, -0.15) is 0 Å². The lowest BCUT2D eigenvalue weighted by Gasteiger charge is -2.26. The van der Waals surface area contributed by atoms with Gasteiger partial charge >= 0.3 is 5.97 Å². The second-order valence-corrected chi connectivity index (χ2v) is 7.53. The van der Waals surface area contributed by atoms with Crippen LogP contribution in [0.5, 0.6) is 0 Å². The summed E-state index contributed by atoms with van der Waals surface area (Å²) in [6.07, 6.45) is 0.494. The van der Waals surface area contributed by atoms with Crippen molar-refractivity contribution in [2.75, 3.05) is 25.9 Å². The van der Waals surface area contributed by atoms with Crippen molar-refractivity contribution in [1.82, 2.24) is 4.90 Å². The second-order valence-electron chi connectivity index (χ2n) is 4.71. The van der Waals surface area contributed by atoms with E-state index >= 15 is 0 Å². The van der Waals surface area contributed by atoms with E-state index in [4.69, 9.17) is 15.4 Å². The lowest BCUT2D eigenvalue weighted by Crippen LogP contribution is -2.37. The third-order valence-electron chi connectivity index (χ3n) is 3.38. The van der Waals surface area contributed by atoms with Crippen molar-refractivity contribution in [3.63, 3.8) is 0 Å². The van der Waals surface area contributed by atoms with Crippen molar-refractivity contribution in [2.24, 2.45) is 5.41 Å². The molecule has 0 saturated carbocycles. The van der Waals surface area contributed by atoms with Gasteiger partial charge in [-0.3, -0.25) is 4.79 Å². The number of halogens is 1. The number of rotatable bonds is 2. The van der Waals surface area contributed by atoms with E-state index < -0.39 is 15.2 Å². The Morgan fingerprint density at radius 3 is 2.81 bits per heavy atom. The average molecular weight is 268 g/mol. The molecule has 2 saturated heterocycles. The predicted molar refractivity (Wildman–Crippen MR) is 58.7 cm³/mol. The highest BCUT2D eigenvalue weighted by Gasteiger charge is 2.53. The van der Waals surface area contributed by atoms with Crippen LogP contribution in [0.4, 0.5) is 0 Å². The molecule has 0 bridgehead atoms. The summed E-state index contributed by atoms with van der Waals surface area (Å²) < 4.78 is 27.2. The largest absolute Gasteiger partial charge is 0.461 e. The molecular weight excluding hydrogens is 254 g/mol. The van der Waals surface area contributed by atoms with Crippen molar-refractivity contribution in [1.29, 1.82) is 0 Å². The van der Waals surface area contributed by atoms with Gasteiger partial charge in [0.25, 0.3) is 0 Å². The molecular formula is C9H14ClNO4S. The number of cyclic esters (lactones) is 1. The van der Waals surface area contributed by atoms with Gasteiger partial charge in [-0.1, -0.05) is 0 Å². The van der Waals surface area contributed by atoms with Gasteiger partial charge in [-0.25, -0.2) is 8.42 Å². The fraction of sp³-hybridized carbons (Fsp3) is 0.889. The molecule has 0 radical (unpaired) electrons. The van der Waals surface area contributed by atoms with Gasteiger partial charge in [0.05, 0.1) is 6.42 Å². The van der Waals surface area contributed by atoms with E-state index in [2.05, 4.69) is 4.90 Å². The molecule has 2 fully saturated rings. The van der Waals surface area contributed by atoms with E-state index in [1.807, 2.05) is 7.05 Å². The maximum absolute atomic E-state index is 11.3. The summed E-state index contributed by atoms with van der Waals surface area (Å²) in [6.45, 7) is 1.55. The number of carbonyl (C=O) groups is 1. The average Bonchev–Trinajstić information content (AvgIpc) is 2.56. The summed E-state index contributed by atoms with van der Waals surface area (Å²) in [5, 5.41) is 0. The molecule has 0 aromatic rings. The SMILES string of the molecule is CN1CCC2(CC(=O)OC2CS(=O)(=O)Cl)C1. The van der Waals surface area contributed by atoms with Gasteiger partial charge in [-0.15, -0.1) is 0 Å². The maximum Gasteiger partial charge on any atom is 0.306 e. The van der Waals surface area contributed by atoms with Crippen molar-refractivity contribution >= 4 is 25.7 Å². The molecule has 2 rings (SSSR count). The first-order valence-corrected chi connectivity index (χ1v) is 7.59. The van der Waals surface area contributed by atoms with E-state index in [0.29, 0.717) is 13.0 Å². The number of hydrogen-bond donors (Lipinski definition) is 0. The number of esters is 1. The second kappa shape index (κ2) is 3.85. The topological polar surface area (TPSA) is 63.7 Å². The highest BCUT2D eigenvalue weighted by Crippen LogP contribution is 2.44. The number of likely N-dealkylation sites (tertiary alicyclic amines) is 1. The molecule has 2 unspecified atom stereocenters. The number of nitrogens with zero attached hydrogens (tertiary/aromatic N) is 1. The molecule has 2 heterocycles. The van der Waals surface area contributed by atoms with Gasteiger partial charge in [0.15, 0.2) is 0 Å². The first-order valence-electron chi connectivity index (χ1n) is 5.11. The Balaban J connectivity index is 2.20. The van der Waals surface area contributed by atoms with Crippen molar-refractivity contribution in [2.45, 2.75) is 18.9 Å². The van der Waals surface area contributed by atoms with Crippen molar-refractivity contribution in [3.05, 3.63) is 0 Å². The van der Waals surface area contributed by atoms with Crippen LogP contribution < -0.4 is 0 Å². The van der Waals surface area contributed by atoms with Crippen LogP contribution in [-0.4, -0.2) is 51.3 Å². The highest BCUT2D eigenvalue weighted by molar-refractivity contribution is 8.13. The summed E-state index contributed by atoms with van der Waals surface area (Å²) in [4.78, 5) is 13.4. The Hall–Kier alpha value is -0.330. The first kappa shape index (κ1) is 12.1. The Bertz CT molecular complexity index is 410. The van der Waals surface area contributed by atoms with Crippen molar-refractivity contribution < 1.29 is 17.9 Å². The highest BCUT2D eigenvalue weighted by atomic mass is 35.7. The molecule has 0 amide bonds. The molecule has 1 spiro atoms. The van der Waals surface area contributed by atoms with Gasteiger partial charge in [0, 0.05) is 22.6 Å². The summed E-state index contributed by atoms with van der Waals surface area (Å²) in [5.74, 6) is -0.602. The minimum Gasteiger partial charge on any atom is -0.461 e. The Morgan fingerprint density at radius 1 is 1.62 bits per heavy atom. The first-order chi connectivity index (χ1) is 7.31. The van der Waals surface area contributed by atoms with Gasteiger partial charge in [-0.05, 0) is 20.0 Å². The van der Waals surface area contributed by atoms with Crippen LogP contribution in [-0.2, 0) is 18.6 Å². The number of hydrogen-bond acceptors (Lipinski definition) is 5. The van der Waals surface area contributed by atoms with Crippen LogP contribution in [0, 0.1) is 5.41 Å².